The number of carbonyl (C=O) groups excluding carboxylic acids is 1. The number of anilines is 1. The van der Waals surface area contributed by atoms with Gasteiger partial charge in [0.1, 0.15) is 35.9 Å². The Hall–Kier alpha value is -2.87. The van der Waals surface area contributed by atoms with E-state index in [9.17, 15) is 24.4 Å². The number of aromatic nitrogens is 3. The second-order valence-electron chi connectivity index (χ2n) is 8.53. The summed E-state index contributed by atoms with van der Waals surface area (Å²) in [5.41, 5.74) is 4.52. The van der Waals surface area contributed by atoms with Crippen molar-refractivity contribution in [2.75, 3.05) is 18.9 Å². The SMILES string of the molecule is CC(C)COC(=O)[C@H](C)NP(=O)(OC[C@H]1O[C@@H](n2ncc(N)nc2=O)C(O)C1O)Oc1ccccc1. The molecule has 1 fully saturated rings. The number of ether oxygens (including phenoxy) is 2. The lowest BCUT2D eigenvalue weighted by Gasteiger charge is -2.24. The fraction of sp³-hybridized carbons (Fsp3) is 0.524. The summed E-state index contributed by atoms with van der Waals surface area (Å²) >= 11 is 0. The van der Waals surface area contributed by atoms with Crippen molar-refractivity contribution in [2.24, 2.45) is 5.92 Å². The summed E-state index contributed by atoms with van der Waals surface area (Å²) in [5, 5.41) is 27.1. The van der Waals surface area contributed by atoms with Crippen LogP contribution in [-0.4, -0.2) is 68.5 Å². The maximum atomic E-state index is 13.6. The molecule has 3 unspecified atom stereocenters. The Bertz CT molecular complexity index is 1130. The summed E-state index contributed by atoms with van der Waals surface area (Å²) in [4.78, 5) is 27.9. The zero-order valence-corrected chi connectivity index (χ0v) is 20.9. The first-order chi connectivity index (χ1) is 17.0. The number of hydrogen-bond acceptors (Lipinski definition) is 12. The van der Waals surface area contributed by atoms with Gasteiger partial charge in [0.25, 0.3) is 0 Å². The zero-order chi connectivity index (χ0) is 26.5. The summed E-state index contributed by atoms with van der Waals surface area (Å²) < 4.78 is 36.0. The third kappa shape index (κ3) is 7.09. The highest BCUT2D eigenvalue weighted by atomic mass is 31.2. The number of nitrogens with zero attached hydrogens (tertiary/aromatic N) is 3. The molecule has 2 heterocycles. The summed E-state index contributed by atoms with van der Waals surface area (Å²) in [7, 11) is -4.24. The molecule has 0 radical (unpaired) electrons. The van der Waals surface area contributed by atoms with Gasteiger partial charge in [-0.1, -0.05) is 32.0 Å². The Kier molecular flexibility index (Phi) is 9.17. The lowest BCUT2D eigenvalue weighted by Crippen LogP contribution is -2.38. The summed E-state index contributed by atoms with van der Waals surface area (Å²) in [6, 6.07) is 7.02. The third-order valence-corrected chi connectivity index (χ3v) is 6.60. The zero-order valence-electron chi connectivity index (χ0n) is 20.0. The highest BCUT2D eigenvalue weighted by Gasteiger charge is 2.46. The topological polar surface area (TPSA) is 197 Å². The van der Waals surface area contributed by atoms with Crippen molar-refractivity contribution in [2.45, 2.75) is 51.4 Å². The normalized spacial score (nSPS) is 24.3. The molecule has 1 aliphatic rings. The highest BCUT2D eigenvalue weighted by Crippen LogP contribution is 2.45. The number of aliphatic hydroxyl groups excluding tert-OH is 2. The molecule has 0 amide bonds. The molecular weight excluding hydrogens is 497 g/mol. The lowest BCUT2D eigenvalue weighted by atomic mass is 10.1. The first kappa shape index (κ1) is 27.7. The van der Waals surface area contributed by atoms with Crippen LogP contribution < -0.4 is 21.0 Å². The molecule has 1 saturated heterocycles. The van der Waals surface area contributed by atoms with E-state index in [1.807, 2.05) is 13.8 Å². The van der Waals surface area contributed by atoms with E-state index < -0.39 is 56.6 Å². The minimum absolute atomic E-state index is 0.100. The minimum atomic E-state index is -4.24. The Balaban J connectivity index is 1.73. The number of nitrogens with one attached hydrogen (secondary N) is 1. The molecule has 0 aliphatic carbocycles. The van der Waals surface area contributed by atoms with Crippen molar-refractivity contribution in [3.8, 4) is 5.75 Å². The minimum Gasteiger partial charge on any atom is -0.464 e. The van der Waals surface area contributed by atoms with Gasteiger partial charge < -0.3 is 29.9 Å². The number of aliphatic hydroxyl groups is 2. The van der Waals surface area contributed by atoms with E-state index >= 15 is 0 Å². The smallest absolute Gasteiger partial charge is 0.459 e. The van der Waals surface area contributed by atoms with Gasteiger partial charge in [0.05, 0.1) is 19.4 Å². The van der Waals surface area contributed by atoms with E-state index in [4.69, 9.17) is 24.3 Å². The molecule has 14 nitrogen and oxygen atoms in total. The molecule has 1 aromatic heterocycles. The van der Waals surface area contributed by atoms with Gasteiger partial charge in [0, 0.05) is 0 Å². The third-order valence-electron chi connectivity index (χ3n) is 4.96. The summed E-state index contributed by atoms with van der Waals surface area (Å²) in [6.07, 6.45) is -4.68. The Labute approximate surface area is 206 Å². The van der Waals surface area contributed by atoms with Crippen LogP contribution in [0.4, 0.5) is 5.82 Å². The lowest BCUT2D eigenvalue weighted by molar-refractivity contribution is -0.146. The molecule has 0 saturated carbocycles. The summed E-state index contributed by atoms with van der Waals surface area (Å²) in [6.45, 7) is 4.80. The van der Waals surface area contributed by atoms with Gasteiger partial charge in [-0.15, -0.1) is 0 Å². The number of nitrogens with two attached hydrogens (primary N) is 1. The molecule has 3 rings (SSSR count). The van der Waals surface area contributed by atoms with Gasteiger partial charge in [-0.25, -0.2) is 9.36 Å². The van der Waals surface area contributed by atoms with Gasteiger partial charge in [-0.3, -0.25) is 9.32 Å². The largest absolute Gasteiger partial charge is 0.464 e. The molecule has 198 valence electrons. The van der Waals surface area contributed by atoms with Crippen LogP contribution in [0.1, 0.15) is 27.0 Å². The Morgan fingerprint density at radius 1 is 1.25 bits per heavy atom. The molecule has 0 bridgehead atoms. The van der Waals surface area contributed by atoms with Crippen molar-refractivity contribution >= 4 is 19.5 Å². The number of nitrogen functional groups attached to an aromatic ring is 1. The number of hydrogen-bond donors (Lipinski definition) is 4. The quantitative estimate of drug-likeness (QED) is 0.229. The van der Waals surface area contributed by atoms with E-state index in [0.29, 0.717) is 0 Å². The fourth-order valence-electron chi connectivity index (χ4n) is 3.15. The van der Waals surface area contributed by atoms with Crippen molar-refractivity contribution in [1.29, 1.82) is 0 Å². The number of rotatable bonds is 11. The number of benzene rings is 1. The van der Waals surface area contributed by atoms with Gasteiger partial charge in [-0.05, 0) is 25.0 Å². The predicted octanol–water partition coefficient (Wildman–Crippen LogP) is 0.221. The molecule has 1 aromatic carbocycles. The van der Waals surface area contributed by atoms with Crippen LogP contribution in [0.15, 0.2) is 41.3 Å². The van der Waals surface area contributed by atoms with Crippen LogP contribution in [0.25, 0.3) is 0 Å². The highest BCUT2D eigenvalue weighted by molar-refractivity contribution is 7.52. The molecular formula is C21H30N5O9P. The van der Waals surface area contributed by atoms with E-state index in [2.05, 4.69) is 15.2 Å². The maximum Gasteiger partial charge on any atom is 0.459 e. The molecule has 2 aromatic rings. The average Bonchev–Trinajstić information content (AvgIpc) is 3.10. The molecule has 36 heavy (non-hydrogen) atoms. The molecule has 5 N–H and O–H groups in total. The van der Waals surface area contributed by atoms with Gasteiger partial charge in [0.15, 0.2) is 6.23 Å². The Morgan fingerprint density at radius 3 is 2.58 bits per heavy atom. The van der Waals surface area contributed by atoms with Crippen molar-refractivity contribution < 1.29 is 38.1 Å². The second kappa shape index (κ2) is 11.9. The van der Waals surface area contributed by atoms with Gasteiger partial charge in [0.2, 0.25) is 0 Å². The van der Waals surface area contributed by atoms with Crippen molar-refractivity contribution in [3.63, 3.8) is 0 Å². The number of esters is 1. The molecule has 0 spiro atoms. The van der Waals surface area contributed by atoms with Crippen molar-refractivity contribution in [1.82, 2.24) is 19.9 Å². The standard InChI is InChI=1S/C21H30N5O9P/c1-12(2)10-32-20(29)13(3)25-36(31,35-14-7-5-4-6-8-14)33-11-15-17(27)18(28)19(34-15)26-21(30)24-16(22)9-23-26/h4-9,12-13,15,17-19,27-28H,10-11H2,1-3H3,(H,25,31)(H2,22,24,30)/t13-,15+,17?,18?,19+,36?/m0/s1. The predicted molar refractivity (Wildman–Crippen MR) is 126 cm³/mol. The molecule has 15 heteroatoms. The first-order valence-corrected chi connectivity index (χ1v) is 12.7. The van der Waals surface area contributed by atoms with Crippen LogP contribution in [-0.2, 0) is 23.4 Å². The second-order valence-corrected chi connectivity index (χ2v) is 10.2. The van der Waals surface area contributed by atoms with Gasteiger partial charge >= 0.3 is 19.4 Å². The van der Waals surface area contributed by atoms with Crippen LogP contribution in [0.3, 0.4) is 0 Å². The molecule has 1 aliphatic heterocycles. The van der Waals surface area contributed by atoms with E-state index in [1.54, 1.807) is 18.2 Å². The van der Waals surface area contributed by atoms with E-state index in [0.717, 1.165) is 10.9 Å². The van der Waals surface area contributed by atoms with Crippen molar-refractivity contribution in [3.05, 3.63) is 47.0 Å². The van der Waals surface area contributed by atoms with Crippen LogP contribution in [0.5, 0.6) is 5.75 Å². The first-order valence-electron chi connectivity index (χ1n) is 11.2. The maximum absolute atomic E-state index is 13.6. The molecule has 6 atom stereocenters. The van der Waals surface area contributed by atoms with Crippen LogP contribution in [0, 0.1) is 5.92 Å². The van der Waals surface area contributed by atoms with Gasteiger partial charge in [-0.2, -0.15) is 19.9 Å². The monoisotopic (exact) mass is 527 g/mol. The average molecular weight is 527 g/mol. The Morgan fingerprint density at radius 2 is 1.94 bits per heavy atom. The van der Waals surface area contributed by atoms with E-state index in [1.165, 1.54) is 19.1 Å². The van der Waals surface area contributed by atoms with Crippen LogP contribution >= 0.6 is 7.75 Å². The van der Waals surface area contributed by atoms with E-state index in [-0.39, 0.29) is 24.1 Å². The fourth-order valence-corrected chi connectivity index (χ4v) is 4.65. The number of carbonyl (C=O) groups is 1. The van der Waals surface area contributed by atoms with Crippen LogP contribution in [0.2, 0.25) is 0 Å². The summed E-state index contributed by atoms with van der Waals surface area (Å²) in [5.74, 6) is -0.512. The number of para-hydroxylation sites is 1.